The lowest BCUT2D eigenvalue weighted by Crippen LogP contribution is -2.01. The summed E-state index contributed by atoms with van der Waals surface area (Å²) in [6, 6.07) is 4.20. The Bertz CT molecular complexity index is 426. The molecule has 0 N–H and O–H groups in total. The highest BCUT2D eigenvalue weighted by Crippen LogP contribution is 2.24. The quantitative estimate of drug-likeness (QED) is 0.707. The number of nitriles is 1. The van der Waals surface area contributed by atoms with Crippen LogP contribution >= 0.6 is 11.6 Å². The highest BCUT2D eigenvalue weighted by molar-refractivity contribution is 6.68. The summed E-state index contributed by atoms with van der Waals surface area (Å²) in [6.07, 6.45) is 0. The molecule has 0 aliphatic rings. The minimum absolute atomic E-state index is 0.108. The molecule has 3 nitrogen and oxygen atoms in total. The fraction of sp³-hybridized carbons (Fsp3) is 0.111. The number of halogens is 2. The van der Waals surface area contributed by atoms with Gasteiger partial charge in [-0.05, 0) is 23.7 Å². The van der Waals surface area contributed by atoms with Gasteiger partial charge < -0.3 is 4.74 Å². The Hall–Kier alpha value is -1.60. The van der Waals surface area contributed by atoms with E-state index in [0.29, 0.717) is 0 Å². The van der Waals surface area contributed by atoms with Crippen LogP contribution in [0.15, 0.2) is 12.1 Å². The summed E-state index contributed by atoms with van der Waals surface area (Å²) in [7, 11) is 1.26. The van der Waals surface area contributed by atoms with Crippen molar-refractivity contribution < 1.29 is 13.9 Å². The molecule has 0 bridgehead atoms. The molecule has 72 valence electrons. The molecule has 0 aliphatic heterocycles. The molecule has 0 radical (unpaired) electrons. The van der Waals surface area contributed by atoms with Crippen LogP contribution in [0.5, 0.6) is 5.75 Å². The van der Waals surface area contributed by atoms with E-state index in [-0.39, 0.29) is 11.3 Å². The topological polar surface area (TPSA) is 50.1 Å². The fourth-order valence-corrected chi connectivity index (χ4v) is 1.18. The van der Waals surface area contributed by atoms with Crippen molar-refractivity contribution in [3.05, 3.63) is 29.1 Å². The third kappa shape index (κ3) is 1.68. The molecule has 0 atom stereocenters. The van der Waals surface area contributed by atoms with Crippen LogP contribution in [-0.2, 0) is 0 Å². The average Bonchev–Trinajstić information content (AvgIpc) is 2.16. The molecule has 0 saturated heterocycles. The van der Waals surface area contributed by atoms with E-state index in [1.54, 1.807) is 6.07 Å². The van der Waals surface area contributed by atoms with Crippen molar-refractivity contribution in [2.45, 2.75) is 0 Å². The standard InChI is InChI=1S/C9H5ClFNO2/c1-14-6-3-2-5(4-12)7(8(6)11)9(10)13/h2-3H,1H3. The van der Waals surface area contributed by atoms with Crippen LogP contribution in [-0.4, -0.2) is 12.4 Å². The predicted molar refractivity (Wildman–Crippen MR) is 47.9 cm³/mol. The minimum atomic E-state index is -1.02. The lowest BCUT2D eigenvalue weighted by Gasteiger charge is -2.05. The number of nitrogens with zero attached hydrogens (tertiary/aromatic N) is 1. The van der Waals surface area contributed by atoms with Crippen molar-refractivity contribution in [1.82, 2.24) is 0 Å². The summed E-state index contributed by atoms with van der Waals surface area (Å²) >= 11 is 5.14. The van der Waals surface area contributed by atoms with Crippen molar-refractivity contribution in [3.63, 3.8) is 0 Å². The van der Waals surface area contributed by atoms with Gasteiger partial charge >= 0.3 is 0 Å². The van der Waals surface area contributed by atoms with Gasteiger partial charge in [0.1, 0.15) is 6.07 Å². The van der Waals surface area contributed by atoms with Crippen LogP contribution in [0.2, 0.25) is 0 Å². The summed E-state index contributed by atoms with van der Waals surface area (Å²) in [6.45, 7) is 0. The van der Waals surface area contributed by atoms with E-state index < -0.39 is 16.6 Å². The molecular weight excluding hydrogens is 209 g/mol. The van der Waals surface area contributed by atoms with Crippen LogP contribution in [0.3, 0.4) is 0 Å². The van der Waals surface area contributed by atoms with Gasteiger partial charge in [-0.2, -0.15) is 5.26 Å². The summed E-state index contributed by atoms with van der Waals surface area (Å²) in [4.78, 5) is 10.8. The SMILES string of the molecule is COc1ccc(C#N)c(C(=O)Cl)c1F. The third-order valence-corrected chi connectivity index (χ3v) is 1.83. The van der Waals surface area contributed by atoms with Gasteiger partial charge in [0.05, 0.1) is 18.2 Å². The molecule has 0 aromatic heterocycles. The summed E-state index contributed by atoms with van der Waals surface area (Å²) < 4.78 is 18.0. The molecule has 1 rings (SSSR count). The van der Waals surface area contributed by atoms with Crippen LogP contribution in [0.1, 0.15) is 15.9 Å². The molecule has 0 amide bonds. The lowest BCUT2D eigenvalue weighted by atomic mass is 10.1. The van der Waals surface area contributed by atoms with E-state index in [1.165, 1.54) is 19.2 Å². The summed E-state index contributed by atoms with van der Waals surface area (Å²) in [5.74, 6) is -1.03. The Kier molecular flexibility index (Phi) is 3.05. The highest BCUT2D eigenvalue weighted by Gasteiger charge is 2.18. The molecule has 0 unspecified atom stereocenters. The zero-order valence-electron chi connectivity index (χ0n) is 7.17. The zero-order valence-corrected chi connectivity index (χ0v) is 7.93. The number of hydrogen-bond acceptors (Lipinski definition) is 3. The number of hydrogen-bond donors (Lipinski definition) is 0. The Morgan fingerprint density at radius 2 is 2.29 bits per heavy atom. The molecule has 0 aliphatic carbocycles. The van der Waals surface area contributed by atoms with Gasteiger partial charge in [-0.3, -0.25) is 4.79 Å². The van der Waals surface area contributed by atoms with Gasteiger partial charge in [0.15, 0.2) is 11.6 Å². The van der Waals surface area contributed by atoms with Crippen molar-refractivity contribution in [2.75, 3.05) is 7.11 Å². The Labute approximate surface area is 84.7 Å². The largest absolute Gasteiger partial charge is 0.494 e. The summed E-state index contributed by atoms with van der Waals surface area (Å²) in [5, 5.41) is 7.57. The van der Waals surface area contributed by atoms with Gasteiger partial charge in [0.2, 0.25) is 0 Å². The first-order chi connectivity index (χ1) is 6.61. The van der Waals surface area contributed by atoms with Gasteiger partial charge in [-0.1, -0.05) is 0 Å². The number of rotatable bonds is 2. The first-order valence-corrected chi connectivity index (χ1v) is 3.96. The fourth-order valence-electron chi connectivity index (χ4n) is 1.000. The van der Waals surface area contributed by atoms with Crippen LogP contribution in [0, 0.1) is 17.1 Å². The smallest absolute Gasteiger partial charge is 0.256 e. The molecule has 1 aromatic rings. The molecule has 0 heterocycles. The Balaban J connectivity index is 3.49. The number of carbonyl (C=O) groups is 1. The van der Waals surface area contributed by atoms with Crippen molar-refractivity contribution >= 4 is 16.8 Å². The third-order valence-electron chi connectivity index (χ3n) is 1.64. The van der Waals surface area contributed by atoms with Gasteiger partial charge in [-0.15, -0.1) is 0 Å². The first-order valence-electron chi connectivity index (χ1n) is 3.58. The molecule has 0 spiro atoms. The van der Waals surface area contributed by atoms with Crippen LogP contribution < -0.4 is 4.74 Å². The molecule has 0 fully saturated rings. The molecule has 5 heteroatoms. The van der Waals surface area contributed by atoms with Crippen LogP contribution in [0.4, 0.5) is 4.39 Å². The Morgan fingerprint density at radius 1 is 1.64 bits per heavy atom. The molecule has 14 heavy (non-hydrogen) atoms. The van der Waals surface area contributed by atoms with Crippen molar-refractivity contribution in [2.24, 2.45) is 0 Å². The van der Waals surface area contributed by atoms with E-state index in [1.807, 2.05) is 0 Å². The van der Waals surface area contributed by atoms with Gasteiger partial charge in [0, 0.05) is 0 Å². The normalized spacial score (nSPS) is 9.29. The van der Waals surface area contributed by atoms with E-state index in [2.05, 4.69) is 4.74 Å². The molecular formula is C9H5ClFNO2. The average molecular weight is 214 g/mol. The van der Waals surface area contributed by atoms with E-state index >= 15 is 0 Å². The molecule has 0 saturated carbocycles. The zero-order chi connectivity index (χ0) is 10.7. The number of benzene rings is 1. The Morgan fingerprint density at radius 3 is 2.71 bits per heavy atom. The predicted octanol–water partition coefficient (Wildman–Crippen LogP) is 2.08. The number of methoxy groups -OCH3 is 1. The van der Waals surface area contributed by atoms with Gasteiger partial charge in [0.25, 0.3) is 5.24 Å². The second-order valence-corrected chi connectivity index (χ2v) is 2.73. The second kappa shape index (κ2) is 4.07. The second-order valence-electron chi connectivity index (χ2n) is 2.39. The van der Waals surface area contributed by atoms with Crippen molar-refractivity contribution in [3.8, 4) is 11.8 Å². The van der Waals surface area contributed by atoms with Crippen LogP contribution in [0.25, 0.3) is 0 Å². The number of ether oxygens (including phenoxy) is 1. The highest BCUT2D eigenvalue weighted by atomic mass is 35.5. The van der Waals surface area contributed by atoms with E-state index in [4.69, 9.17) is 16.9 Å². The van der Waals surface area contributed by atoms with Crippen molar-refractivity contribution in [1.29, 1.82) is 5.26 Å². The lowest BCUT2D eigenvalue weighted by molar-refractivity contribution is 0.107. The van der Waals surface area contributed by atoms with Gasteiger partial charge in [-0.25, -0.2) is 4.39 Å². The first kappa shape index (κ1) is 10.5. The maximum absolute atomic E-state index is 13.4. The minimum Gasteiger partial charge on any atom is -0.494 e. The number of carbonyl (C=O) groups excluding carboxylic acids is 1. The maximum Gasteiger partial charge on any atom is 0.256 e. The van der Waals surface area contributed by atoms with E-state index in [0.717, 1.165) is 0 Å². The van der Waals surface area contributed by atoms with E-state index in [9.17, 15) is 9.18 Å². The monoisotopic (exact) mass is 213 g/mol. The summed E-state index contributed by atoms with van der Waals surface area (Å²) in [5.41, 5.74) is -0.559. The maximum atomic E-state index is 13.4. The molecule has 1 aromatic carbocycles.